The van der Waals surface area contributed by atoms with Crippen molar-refractivity contribution < 1.29 is 19.4 Å². The van der Waals surface area contributed by atoms with Crippen LogP contribution in [0.15, 0.2) is 48.5 Å². The molecule has 0 heterocycles. The molecular weight excluding hydrogens is 268 g/mol. The van der Waals surface area contributed by atoms with Crippen LogP contribution in [0.5, 0.6) is 11.5 Å². The quantitative estimate of drug-likeness (QED) is 0.858. The fourth-order valence-corrected chi connectivity index (χ4v) is 2.16. The van der Waals surface area contributed by atoms with E-state index in [1.807, 2.05) is 31.2 Å². The third-order valence-corrected chi connectivity index (χ3v) is 3.28. The lowest BCUT2D eigenvalue weighted by atomic mass is 9.95. The van der Waals surface area contributed by atoms with Gasteiger partial charge in [-0.3, -0.25) is 4.79 Å². The number of rotatable bonds is 5. The van der Waals surface area contributed by atoms with E-state index >= 15 is 0 Å². The van der Waals surface area contributed by atoms with Crippen LogP contribution in [0.3, 0.4) is 0 Å². The number of phenolic OH excluding ortho intramolecular Hbond substituents is 1. The van der Waals surface area contributed by atoms with Crippen LogP contribution in [0, 0.1) is 6.92 Å². The third-order valence-electron chi connectivity index (χ3n) is 3.28. The molecule has 0 aromatic heterocycles. The summed E-state index contributed by atoms with van der Waals surface area (Å²) in [5, 5.41) is 9.42. The Hall–Kier alpha value is -2.49. The van der Waals surface area contributed by atoms with Crippen molar-refractivity contribution in [3.8, 4) is 11.5 Å². The van der Waals surface area contributed by atoms with E-state index in [0.29, 0.717) is 5.75 Å². The highest BCUT2D eigenvalue weighted by atomic mass is 16.5. The van der Waals surface area contributed by atoms with Crippen LogP contribution in [0.25, 0.3) is 0 Å². The molecule has 0 bridgehead atoms. The van der Waals surface area contributed by atoms with E-state index in [9.17, 15) is 9.90 Å². The van der Waals surface area contributed by atoms with Crippen LogP contribution >= 0.6 is 0 Å². The van der Waals surface area contributed by atoms with Crippen LogP contribution in [0.4, 0.5) is 0 Å². The highest BCUT2D eigenvalue weighted by Crippen LogP contribution is 2.24. The summed E-state index contributed by atoms with van der Waals surface area (Å²) < 4.78 is 10.5. The van der Waals surface area contributed by atoms with Gasteiger partial charge in [-0.1, -0.05) is 30.3 Å². The summed E-state index contributed by atoms with van der Waals surface area (Å²) in [5.74, 6) is -0.210. The lowest BCUT2D eigenvalue weighted by Gasteiger charge is -2.18. The fourth-order valence-electron chi connectivity index (χ4n) is 2.16. The third kappa shape index (κ3) is 3.75. The van der Waals surface area contributed by atoms with Crippen LogP contribution < -0.4 is 4.74 Å². The molecule has 0 saturated carbocycles. The van der Waals surface area contributed by atoms with E-state index in [1.54, 1.807) is 18.2 Å². The van der Waals surface area contributed by atoms with Gasteiger partial charge in [-0.25, -0.2) is 0 Å². The number of phenols is 1. The highest BCUT2D eigenvalue weighted by Gasteiger charge is 2.23. The van der Waals surface area contributed by atoms with Gasteiger partial charge in [-0.15, -0.1) is 0 Å². The molecule has 0 spiro atoms. The van der Waals surface area contributed by atoms with E-state index in [1.165, 1.54) is 13.2 Å². The molecule has 0 aliphatic rings. The summed E-state index contributed by atoms with van der Waals surface area (Å²) in [7, 11) is 1.36. The monoisotopic (exact) mass is 286 g/mol. The van der Waals surface area contributed by atoms with Gasteiger partial charge in [0, 0.05) is 6.07 Å². The van der Waals surface area contributed by atoms with Crippen molar-refractivity contribution in [2.75, 3.05) is 13.7 Å². The number of esters is 1. The number of aromatic hydroxyl groups is 1. The largest absolute Gasteiger partial charge is 0.508 e. The first-order valence-electron chi connectivity index (χ1n) is 6.67. The van der Waals surface area contributed by atoms with Gasteiger partial charge in [0.05, 0.1) is 7.11 Å². The van der Waals surface area contributed by atoms with Crippen molar-refractivity contribution in [2.45, 2.75) is 12.8 Å². The SMILES string of the molecule is COC(=O)C(COc1cccc(O)c1)c1ccccc1C. The molecule has 0 fully saturated rings. The molecule has 4 heteroatoms. The number of hydrogen-bond acceptors (Lipinski definition) is 4. The number of methoxy groups -OCH3 is 1. The smallest absolute Gasteiger partial charge is 0.316 e. The molecule has 1 atom stereocenters. The average molecular weight is 286 g/mol. The predicted octanol–water partition coefficient (Wildman–Crippen LogP) is 3.04. The Bertz CT molecular complexity index is 622. The molecular formula is C17H18O4. The summed E-state index contributed by atoms with van der Waals surface area (Å²) in [6.07, 6.45) is 0. The van der Waals surface area contributed by atoms with Gasteiger partial charge in [0.15, 0.2) is 0 Å². The Balaban J connectivity index is 2.18. The molecule has 0 saturated heterocycles. The fraction of sp³-hybridized carbons (Fsp3) is 0.235. The zero-order valence-electron chi connectivity index (χ0n) is 12.1. The Morgan fingerprint density at radius 1 is 1.19 bits per heavy atom. The molecule has 0 radical (unpaired) electrons. The number of aryl methyl sites for hydroxylation is 1. The van der Waals surface area contributed by atoms with Crippen molar-refractivity contribution in [3.05, 3.63) is 59.7 Å². The van der Waals surface area contributed by atoms with E-state index in [2.05, 4.69) is 0 Å². The molecule has 0 amide bonds. The summed E-state index contributed by atoms with van der Waals surface area (Å²) in [6.45, 7) is 2.10. The maximum absolute atomic E-state index is 12.0. The molecule has 0 aliphatic heterocycles. The van der Waals surface area contributed by atoms with E-state index < -0.39 is 5.92 Å². The predicted molar refractivity (Wildman–Crippen MR) is 79.5 cm³/mol. The summed E-state index contributed by atoms with van der Waals surface area (Å²) >= 11 is 0. The standard InChI is InChI=1S/C17H18O4/c1-12-6-3-4-9-15(12)16(17(19)20-2)11-21-14-8-5-7-13(18)10-14/h3-10,16,18H,11H2,1-2H3. The second-order valence-corrected chi connectivity index (χ2v) is 4.74. The second-order valence-electron chi connectivity index (χ2n) is 4.74. The first-order chi connectivity index (χ1) is 10.1. The van der Waals surface area contributed by atoms with Gasteiger partial charge in [0.2, 0.25) is 0 Å². The van der Waals surface area contributed by atoms with Gasteiger partial charge in [0.25, 0.3) is 0 Å². The van der Waals surface area contributed by atoms with E-state index in [4.69, 9.17) is 9.47 Å². The number of ether oxygens (including phenoxy) is 2. The lowest BCUT2D eigenvalue weighted by Crippen LogP contribution is -2.22. The van der Waals surface area contributed by atoms with Gasteiger partial charge in [0.1, 0.15) is 24.0 Å². The summed E-state index contributed by atoms with van der Waals surface area (Å²) in [5.41, 5.74) is 1.89. The van der Waals surface area contributed by atoms with E-state index in [0.717, 1.165) is 11.1 Å². The molecule has 1 unspecified atom stereocenters. The highest BCUT2D eigenvalue weighted by molar-refractivity contribution is 5.78. The maximum Gasteiger partial charge on any atom is 0.316 e. The Kier molecular flexibility index (Phi) is 4.82. The molecule has 1 N–H and O–H groups in total. The van der Waals surface area contributed by atoms with Gasteiger partial charge in [-0.2, -0.15) is 0 Å². The average Bonchev–Trinajstić information content (AvgIpc) is 2.49. The van der Waals surface area contributed by atoms with Gasteiger partial charge < -0.3 is 14.6 Å². The van der Waals surface area contributed by atoms with Crippen LogP contribution in [0.1, 0.15) is 17.0 Å². The topological polar surface area (TPSA) is 55.8 Å². The van der Waals surface area contributed by atoms with Crippen molar-refractivity contribution in [2.24, 2.45) is 0 Å². The first-order valence-corrected chi connectivity index (χ1v) is 6.67. The summed E-state index contributed by atoms with van der Waals surface area (Å²) in [6, 6.07) is 14.1. The number of hydrogen-bond donors (Lipinski definition) is 1. The minimum Gasteiger partial charge on any atom is -0.508 e. The molecule has 2 rings (SSSR count). The van der Waals surface area contributed by atoms with Crippen LogP contribution in [-0.4, -0.2) is 24.8 Å². The van der Waals surface area contributed by atoms with Crippen molar-refractivity contribution in [1.29, 1.82) is 0 Å². The van der Waals surface area contributed by atoms with Crippen molar-refractivity contribution >= 4 is 5.97 Å². The van der Waals surface area contributed by atoms with Crippen LogP contribution in [0.2, 0.25) is 0 Å². The van der Waals surface area contributed by atoms with E-state index in [-0.39, 0.29) is 18.3 Å². The van der Waals surface area contributed by atoms with Gasteiger partial charge in [-0.05, 0) is 30.2 Å². The first kappa shape index (κ1) is 14.9. The Morgan fingerprint density at radius 2 is 1.95 bits per heavy atom. The number of carbonyl (C=O) groups is 1. The Morgan fingerprint density at radius 3 is 2.62 bits per heavy atom. The normalized spacial score (nSPS) is 11.7. The molecule has 21 heavy (non-hydrogen) atoms. The molecule has 4 nitrogen and oxygen atoms in total. The molecule has 2 aromatic rings. The van der Waals surface area contributed by atoms with Gasteiger partial charge >= 0.3 is 5.97 Å². The number of carbonyl (C=O) groups excluding carboxylic acids is 1. The zero-order chi connectivity index (χ0) is 15.2. The molecule has 110 valence electrons. The van der Waals surface area contributed by atoms with Crippen molar-refractivity contribution in [3.63, 3.8) is 0 Å². The maximum atomic E-state index is 12.0. The Labute approximate surface area is 123 Å². The minimum absolute atomic E-state index is 0.123. The summed E-state index contributed by atoms with van der Waals surface area (Å²) in [4.78, 5) is 12.0. The van der Waals surface area contributed by atoms with Crippen LogP contribution in [-0.2, 0) is 9.53 Å². The lowest BCUT2D eigenvalue weighted by molar-refractivity contribution is -0.143. The molecule has 0 aliphatic carbocycles. The minimum atomic E-state index is -0.501. The zero-order valence-corrected chi connectivity index (χ0v) is 12.1. The second kappa shape index (κ2) is 6.79. The van der Waals surface area contributed by atoms with Crippen molar-refractivity contribution in [1.82, 2.24) is 0 Å². The number of benzene rings is 2. The molecule has 2 aromatic carbocycles.